The molecule has 0 spiro atoms. The fourth-order valence-corrected chi connectivity index (χ4v) is 3.91. The number of hydrogen-bond donors (Lipinski definition) is 2. The highest BCUT2D eigenvalue weighted by Crippen LogP contribution is 2.17. The highest BCUT2D eigenvalue weighted by Gasteiger charge is 2.26. The number of aryl methyl sites for hydroxylation is 1. The van der Waals surface area contributed by atoms with Crippen LogP contribution in [-0.4, -0.2) is 50.4 Å². The Morgan fingerprint density at radius 1 is 1.27 bits per heavy atom. The van der Waals surface area contributed by atoms with Gasteiger partial charge in [0.15, 0.2) is 5.69 Å². The third-order valence-electron chi connectivity index (χ3n) is 5.27. The first-order valence-corrected chi connectivity index (χ1v) is 10.2. The molecule has 3 heterocycles. The molecule has 0 aliphatic carbocycles. The van der Waals surface area contributed by atoms with Gasteiger partial charge in [0.25, 0.3) is 11.5 Å². The second kappa shape index (κ2) is 8.31. The standard InChI is InChI=1S/C21H22ClN5O3/c1-13-12-27-18(20(29)23-13)11-17(25-27)21(30)26-8-6-15(7-9-26)24-19(28)10-14-4-2-3-5-16(14)22/h2-5,11-12,15H,6-10H2,1H3,(H,23,29)(H,24,28). The number of aromatic amines is 1. The Morgan fingerprint density at radius 2 is 2.00 bits per heavy atom. The monoisotopic (exact) mass is 427 g/mol. The molecule has 0 unspecified atom stereocenters. The van der Waals surface area contributed by atoms with Crippen molar-refractivity contribution in [1.29, 1.82) is 0 Å². The maximum absolute atomic E-state index is 12.8. The summed E-state index contributed by atoms with van der Waals surface area (Å²) >= 11 is 6.12. The minimum Gasteiger partial charge on any atom is -0.353 e. The van der Waals surface area contributed by atoms with Crippen molar-refractivity contribution < 1.29 is 9.59 Å². The largest absolute Gasteiger partial charge is 0.353 e. The fourth-order valence-electron chi connectivity index (χ4n) is 3.71. The van der Waals surface area contributed by atoms with E-state index >= 15 is 0 Å². The predicted octanol–water partition coefficient (Wildman–Crippen LogP) is 1.95. The molecule has 2 N–H and O–H groups in total. The molecule has 1 aliphatic heterocycles. The Labute approximate surface area is 177 Å². The third-order valence-corrected chi connectivity index (χ3v) is 5.64. The highest BCUT2D eigenvalue weighted by atomic mass is 35.5. The Bertz CT molecular complexity index is 1160. The number of fused-ring (bicyclic) bond motifs is 1. The Hall–Kier alpha value is -3.13. The molecule has 1 aromatic carbocycles. The van der Waals surface area contributed by atoms with Crippen LogP contribution < -0.4 is 10.9 Å². The van der Waals surface area contributed by atoms with Crippen LogP contribution in [0.4, 0.5) is 0 Å². The van der Waals surface area contributed by atoms with E-state index < -0.39 is 0 Å². The van der Waals surface area contributed by atoms with Gasteiger partial charge in [0.05, 0.1) is 6.42 Å². The number of aromatic nitrogens is 3. The number of H-pyrrole nitrogens is 1. The van der Waals surface area contributed by atoms with Gasteiger partial charge in [0, 0.05) is 42.1 Å². The zero-order chi connectivity index (χ0) is 21.3. The SMILES string of the molecule is Cc1cn2nc(C(=O)N3CCC(NC(=O)Cc4ccccc4Cl)CC3)cc2c(=O)[nH]1. The van der Waals surface area contributed by atoms with E-state index in [4.69, 9.17) is 11.6 Å². The van der Waals surface area contributed by atoms with E-state index in [2.05, 4.69) is 15.4 Å². The van der Waals surface area contributed by atoms with E-state index in [0.717, 1.165) is 5.56 Å². The summed E-state index contributed by atoms with van der Waals surface area (Å²) in [6.45, 7) is 2.78. The molecule has 0 bridgehead atoms. The maximum atomic E-state index is 12.8. The molecular weight excluding hydrogens is 406 g/mol. The highest BCUT2D eigenvalue weighted by molar-refractivity contribution is 6.31. The molecule has 4 rings (SSSR count). The quantitative estimate of drug-likeness (QED) is 0.664. The minimum absolute atomic E-state index is 0.00982. The van der Waals surface area contributed by atoms with Crippen LogP contribution in [0.2, 0.25) is 5.02 Å². The third kappa shape index (κ3) is 4.23. The van der Waals surface area contributed by atoms with Crippen LogP contribution in [0.1, 0.15) is 34.6 Å². The van der Waals surface area contributed by atoms with Crippen LogP contribution in [0.25, 0.3) is 5.52 Å². The minimum atomic E-state index is -0.276. The van der Waals surface area contributed by atoms with E-state index in [9.17, 15) is 14.4 Å². The first-order chi connectivity index (χ1) is 14.4. The van der Waals surface area contributed by atoms with Gasteiger partial charge in [-0.3, -0.25) is 14.4 Å². The Kier molecular flexibility index (Phi) is 5.59. The van der Waals surface area contributed by atoms with Crippen molar-refractivity contribution in [3.63, 3.8) is 0 Å². The molecule has 1 fully saturated rings. The number of halogens is 1. The normalized spacial score (nSPS) is 14.8. The molecule has 30 heavy (non-hydrogen) atoms. The summed E-state index contributed by atoms with van der Waals surface area (Å²) in [5.74, 6) is -0.292. The summed E-state index contributed by atoms with van der Waals surface area (Å²) in [4.78, 5) is 41.6. The van der Waals surface area contributed by atoms with Crippen LogP contribution >= 0.6 is 11.6 Å². The van der Waals surface area contributed by atoms with Gasteiger partial charge in [-0.25, -0.2) is 4.52 Å². The average molecular weight is 428 g/mol. The molecule has 9 heteroatoms. The molecule has 2 aromatic heterocycles. The zero-order valence-corrected chi connectivity index (χ0v) is 17.3. The second-order valence-electron chi connectivity index (χ2n) is 7.53. The number of nitrogens with one attached hydrogen (secondary N) is 2. The molecule has 1 saturated heterocycles. The predicted molar refractivity (Wildman–Crippen MR) is 113 cm³/mol. The van der Waals surface area contributed by atoms with Gasteiger partial charge >= 0.3 is 0 Å². The maximum Gasteiger partial charge on any atom is 0.274 e. The molecule has 0 saturated carbocycles. The lowest BCUT2D eigenvalue weighted by Gasteiger charge is -2.32. The first kappa shape index (κ1) is 20.2. The zero-order valence-electron chi connectivity index (χ0n) is 16.5. The number of benzene rings is 1. The van der Waals surface area contributed by atoms with Gasteiger partial charge in [-0.05, 0) is 31.4 Å². The number of hydrogen-bond acceptors (Lipinski definition) is 4. The molecule has 8 nitrogen and oxygen atoms in total. The molecule has 0 atom stereocenters. The van der Waals surface area contributed by atoms with Crippen LogP contribution in [0, 0.1) is 6.92 Å². The van der Waals surface area contributed by atoms with Crippen molar-refractivity contribution in [2.24, 2.45) is 0 Å². The second-order valence-corrected chi connectivity index (χ2v) is 7.93. The number of carbonyl (C=O) groups excluding carboxylic acids is 2. The molecular formula is C21H22ClN5O3. The lowest BCUT2D eigenvalue weighted by Crippen LogP contribution is -2.47. The van der Waals surface area contributed by atoms with Crippen LogP contribution in [0.3, 0.4) is 0 Å². The summed E-state index contributed by atoms with van der Waals surface area (Å²) in [7, 11) is 0. The molecule has 156 valence electrons. The van der Waals surface area contributed by atoms with Gasteiger partial charge in [-0.1, -0.05) is 29.8 Å². The molecule has 0 radical (unpaired) electrons. The van der Waals surface area contributed by atoms with Crippen LogP contribution in [0.15, 0.2) is 41.3 Å². The Balaban J connectivity index is 1.34. The lowest BCUT2D eigenvalue weighted by atomic mass is 10.0. The number of carbonyl (C=O) groups is 2. The summed E-state index contributed by atoms with van der Waals surface area (Å²) in [5, 5.41) is 7.86. The van der Waals surface area contributed by atoms with E-state index in [0.29, 0.717) is 42.2 Å². The number of nitrogens with zero attached hydrogens (tertiary/aromatic N) is 3. The fraction of sp³-hybridized carbons (Fsp3) is 0.333. The van der Waals surface area contributed by atoms with Crippen molar-refractivity contribution >= 4 is 28.9 Å². The van der Waals surface area contributed by atoms with Crippen LogP contribution in [0.5, 0.6) is 0 Å². The van der Waals surface area contributed by atoms with E-state index in [1.807, 2.05) is 18.2 Å². The number of piperidine rings is 1. The van der Waals surface area contributed by atoms with Crippen LogP contribution in [-0.2, 0) is 11.2 Å². The average Bonchev–Trinajstić information content (AvgIpc) is 3.14. The number of likely N-dealkylation sites (tertiary alicyclic amines) is 1. The van der Waals surface area contributed by atoms with Gasteiger partial charge in [-0.2, -0.15) is 5.10 Å². The molecule has 1 aliphatic rings. The summed E-state index contributed by atoms with van der Waals surface area (Å²) < 4.78 is 1.43. The van der Waals surface area contributed by atoms with Gasteiger partial charge < -0.3 is 15.2 Å². The van der Waals surface area contributed by atoms with Crippen molar-refractivity contribution in [1.82, 2.24) is 24.8 Å². The van der Waals surface area contributed by atoms with E-state index in [1.54, 1.807) is 24.1 Å². The van der Waals surface area contributed by atoms with Crippen molar-refractivity contribution in [3.8, 4) is 0 Å². The molecule has 2 amide bonds. The number of rotatable bonds is 4. The van der Waals surface area contributed by atoms with Gasteiger partial charge in [-0.15, -0.1) is 0 Å². The first-order valence-electron chi connectivity index (χ1n) is 9.82. The summed E-state index contributed by atoms with van der Waals surface area (Å²) in [6.07, 6.45) is 3.22. The Morgan fingerprint density at radius 3 is 2.73 bits per heavy atom. The van der Waals surface area contributed by atoms with Gasteiger partial charge in [0.2, 0.25) is 5.91 Å². The summed E-state index contributed by atoms with van der Waals surface area (Å²) in [6, 6.07) is 8.81. The smallest absolute Gasteiger partial charge is 0.274 e. The van der Waals surface area contributed by atoms with Crippen molar-refractivity contribution in [3.05, 3.63) is 68.9 Å². The molecule has 3 aromatic rings. The van der Waals surface area contributed by atoms with Crippen molar-refractivity contribution in [2.75, 3.05) is 13.1 Å². The lowest BCUT2D eigenvalue weighted by molar-refractivity contribution is -0.121. The van der Waals surface area contributed by atoms with Gasteiger partial charge in [0.1, 0.15) is 5.52 Å². The van der Waals surface area contributed by atoms with E-state index in [-0.39, 0.29) is 35.5 Å². The number of amides is 2. The van der Waals surface area contributed by atoms with E-state index in [1.165, 1.54) is 10.6 Å². The topological polar surface area (TPSA) is 99.6 Å². The summed E-state index contributed by atoms with van der Waals surface area (Å²) in [5.41, 5.74) is 1.77. The van der Waals surface area contributed by atoms with Crippen molar-refractivity contribution in [2.45, 2.75) is 32.2 Å².